The predicted octanol–water partition coefficient (Wildman–Crippen LogP) is -2.20. The van der Waals surface area contributed by atoms with E-state index in [9.17, 15) is 55.9 Å². The van der Waals surface area contributed by atoms with E-state index in [2.05, 4.69) is 0 Å². The van der Waals surface area contributed by atoms with Gasteiger partial charge in [0.15, 0.2) is 12.1 Å². The second kappa shape index (κ2) is 15.8. The van der Waals surface area contributed by atoms with Crippen LogP contribution in [0.1, 0.15) is 23.6 Å². The molecule has 0 radical (unpaired) electrons. The minimum absolute atomic E-state index is 0.0571. The van der Waals surface area contributed by atoms with E-state index < -0.39 is 84.9 Å². The van der Waals surface area contributed by atoms with E-state index in [4.69, 9.17) is 23.4 Å². The molecule has 3 aromatic rings. The zero-order chi connectivity index (χ0) is 35.6. The molecule has 49 heavy (non-hydrogen) atoms. The Morgan fingerprint density at radius 3 is 2.08 bits per heavy atom. The second-order valence-corrected chi connectivity index (χ2v) is 12.1. The molecule has 0 amide bonds. The van der Waals surface area contributed by atoms with Crippen LogP contribution in [-0.2, 0) is 33.5 Å². The highest BCUT2D eigenvalue weighted by molar-refractivity contribution is 5.87. The van der Waals surface area contributed by atoms with E-state index in [-0.39, 0.29) is 61.4 Å². The standard InChI is InChI=1S/C33H42O16/c1-14-23(38)26(41)28(43)32(46-14)45-13-21-24(39)27(42)29(44)33(48-21)49-31-25(40)22-19(37)10-15(4-7-34)11-20(22)47-30(31)18-3-2-16(5-8-35)17(12-18)6-9-36/h2-3,10-12,14,21,23-24,26-29,32-39,41-44H,4-9,13H2,1H3/t14-,21+,23-,24+,26+,27-,28+,29+,32+,33-/m0/s1. The first-order valence-electron chi connectivity index (χ1n) is 15.8. The maximum atomic E-state index is 14.0. The molecule has 1 aromatic heterocycles. The monoisotopic (exact) mass is 694 g/mol. The fourth-order valence-corrected chi connectivity index (χ4v) is 6.00. The average molecular weight is 695 g/mol. The molecule has 0 unspecified atom stereocenters. The van der Waals surface area contributed by atoms with Crippen molar-refractivity contribution in [3.8, 4) is 22.8 Å². The first kappa shape index (κ1) is 37.0. The number of fused-ring (bicyclic) bond motifs is 1. The van der Waals surface area contributed by atoms with Crippen molar-refractivity contribution in [2.45, 2.75) is 87.6 Å². The summed E-state index contributed by atoms with van der Waals surface area (Å²) in [5, 5.41) is 102. The summed E-state index contributed by atoms with van der Waals surface area (Å²) in [4.78, 5) is 14.0. The van der Waals surface area contributed by atoms with E-state index in [1.54, 1.807) is 18.2 Å². The number of aliphatic hydroxyl groups excluding tert-OH is 9. The van der Waals surface area contributed by atoms with Crippen LogP contribution in [0.4, 0.5) is 0 Å². The van der Waals surface area contributed by atoms with Gasteiger partial charge in [-0.3, -0.25) is 4.79 Å². The van der Waals surface area contributed by atoms with Crippen LogP contribution in [0.3, 0.4) is 0 Å². The van der Waals surface area contributed by atoms with E-state index in [0.29, 0.717) is 11.1 Å². The molecule has 10 N–H and O–H groups in total. The lowest BCUT2D eigenvalue weighted by molar-refractivity contribution is -0.318. The first-order chi connectivity index (χ1) is 23.4. The first-order valence-corrected chi connectivity index (χ1v) is 15.8. The van der Waals surface area contributed by atoms with Crippen LogP contribution in [0.25, 0.3) is 22.3 Å². The minimum atomic E-state index is -1.93. The number of aromatic hydroxyl groups is 1. The van der Waals surface area contributed by atoms with Gasteiger partial charge in [0, 0.05) is 25.4 Å². The summed E-state index contributed by atoms with van der Waals surface area (Å²) >= 11 is 0. The minimum Gasteiger partial charge on any atom is -0.507 e. The van der Waals surface area contributed by atoms with Gasteiger partial charge in [-0.2, -0.15) is 0 Å². The van der Waals surface area contributed by atoms with Gasteiger partial charge in [0.25, 0.3) is 0 Å². The Morgan fingerprint density at radius 1 is 0.735 bits per heavy atom. The summed E-state index contributed by atoms with van der Waals surface area (Å²) in [6, 6.07) is 7.61. The molecule has 16 heteroatoms. The molecule has 3 heterocycles. The number of aliphatic hydroxyl groups is 9. The summed E-state index contributed by atoms with van der Waals surface area (Å²) in [5.74, 6) is -1.21. The Hall–Kier alpha value is -3.23. The van der Waals surface area contributed by atoms with Gasteiger partial charge in [0.05, 0.1) is 12.7 Å². The van der Waals surface area contributed by atoms with Crippen LogP contribution in [0.2, 0.25) is 0 Å². The molecular formula is C33H42O16. The smallest absolute Gasteiger partial charge is 0.239 e. The molecule has 2 fully saturated rings. The third-order valence-corrected chi connectivity index (χ3v) is 8.76. The molecule has 16 nitrogen and oxygen atoms in total. The Morgan fingerprint density at radius 2 is 1.39 bits per heavy atom. The number of rotatable bonds is 12. The number of hydrogen-bond donors (Lipinski definition) is 10. The van der Waals surface area contributed by atoms with Gasteiger partial charge in [-0.25, -0.2) is 0 Å². The molecule has 2 aromatic carbocycles. The number of ether oxygens (including phenoxy) is 4. The fraction of sp³-hybridized carbons (Fsp3) is 0.545. The van der Waals surface area contributed by atoms with Gasteiger partial charge in [-0.15, -0.1) is 0 Å². The summed E-state index contributed by atoms with van der Waals surface area (Å²) in [6.07, 6.45) is -15.3. The molecule has 0 aliphatic carbocycles. The average Bonchev–Trinajstić information content (AvgIpc) is 3.07. The molecular weight excluding hydrogens is 652 g/mol. The lowest BCUT2D eigenvalue weighted by Gasteiger charge is -2.42. The van der Waals surface area contributed by atoms with Crippen molar-refractivity contribution in [1.82, 2.24) is 0 Å². The Labute approximate surface area is 279 Å². The van der Waals surface area contributed by atoms with E-state index in [1.165, 1.54) is 19.1 Å². The Bertz CT molecular complexity index is 1640. The largest absolute Gasteiger partial charge is 0.507 e. The summed E-state index contributed by atoms with van der Waals surface area (Å²) in [7, 11) is 0. The Balaban J connectivity index is 1.53. The summed E-state index contributed by atoms with van der Waals surface area (Å²) in [6.45, 7) is 0.235. The van der Waals surface area contributed by atoms with Crippen LogP contribution in [0.5, 0.6) is 11.5 Å². The van der Waals surface area contributed by atoms with E-state index in [0.717, 1.165) is 5.56 Å². The summed E-state index contributed by atoms with van der Waals surface area (Å²) < 4.78 is 28.7. The van der Waals surface area contributed by atoms with Crippen LogP contribution in [0, 0.1) is 0 Å². The third-order valence-electron chi connectivity index (χ3n) is 8.76. The second-order valence-electron chi connectivity index (χ2n) is 12.1. The van der Waals surface area contributed by atoms with Gasteiger partial charge in [0.1, 0.15) is 59.4 Å². The predicted molar refractivity (Wildman–Crippen MR) is 168 cm³/mol. The van der Waals surface area contributed by atoms with Crippen molar-refractivity contribution in [2.75, 3.05) is 26.4 Å². The lowest BCUT2D eigenvalue weighted by atomic mass is 9.97. The number of benzene rings is 2. The molecule has 5 rings (SSSR count). The zero-order valence-electron chi connectivity index (χ0n) is 26.5. The Kier molecular flexibility index (Phi) is 11.9. The van der Waals surface area contributed by atoms with Gasteiger partial charge >= 0.3 is 0 Å². The zero-order valence-corrected chi connectivity index (χ0v) is 26.5. The van der Waals surface area contributed by atoms with Crippen molar-refractivity contribution in [3.63, 3.8) is 0 Å². The van der Waals surface area contributed by atoms with E-state index in [1.807, 2.05) is 0 Å². The lowest BCUT2D eigenvalue weighted by Crippen LogP contribution is -2.61. The SMILES string of the molecule is C[C@@H]1O[C@@H](OC[C@H]2O[C@@H](Oc3c(-c4ccc(CCO)c(CCO)c4)oc4cc(CCO)cc(O)c4c3=O)[C@H](O)[C@@H](O)[C@@H]2O)[C@H](O)[C@H](O)[C@H]1O. The van der Waals surface area contributed by atoms with Crippen molar-refractivity contribution < 1.29 is 74.4 Å². The number of phenolic OH excluding ortho intramolecular Hbond substituents is 1. The normalized spacial score (nSPS) is 30.5. The van der Waals surface area contributed by atoms with Gasteiger partial charge < -0.3 is 74.4 Å². The van der Waals surface area contributed by atoms with E-state index >= 15 is 0 Å². The van der Waals surface area contributed by atoms with Crippen molar-refractivity contribution >= 4 is 11.0 Å². The summed E-state index contributed by atoms with van der Waals surface area (Å²) in [5.41, 5.74) is 1.14. The van der Waals surface area contributed by atoms with Gasteiger partial charge in [-0.05, 0) is 61.1 Å². The van der Waals surface area contributed by atoms with Crippen molar-refractivity contribution in [3.05, 3.63) is 57.2 Å². The molecule has 0 spiro atoms. The van der Waals surface area contributed by atoms with Gasteiger partial charge in [-0.1, -0.05) is 12.1 Å². The molecule has 0 bridgehead atoms. The highest BCUT2D eigenvalue weighted by Gasteiger charge is 2.48. The van der Waals surface area contributed by atoms with Crippen molar-refractivity contribution in [1.29, 1.82) is 0 Å². The van der Waals surface area contributed by atoms with Crippen LogP contribution >= 0.6 is 0 Å². The fourth-order valence-electron chi connectivity index (χ4n) is 6.00. The molecule has 0 saturated carbocycles. The topological polar surface area (TPSA) is 269 Å². The van der Waals surface area contributed by atoms with Gasteiger partial charge in [0.2, 0.25) is 17.5 Å². The third kappa shape index (κ3) is 7.61. The number of phenols is 1. The quantitative estimate of drug-likeness (QED) is 0.0964. The maximum absolute atomic E-state index is 14.0. The maximum Gasteiger partial charge on any atom is 0.239 e. The van der Waals surface area contributed by atoms with Crippen LogP contribution in [-0.4, -0.2) is 139 Å². The van der Waals surface area contributed by atoms with Crippen molar-refractivity contribution in [2.24, 2.45) is 0 Å². The number of hydrogen-bond acceptors (Lipinski definition) is 16. The van der Waals surface area contributed by atoms with Crippen LogP contribution < -0.4 is 10.2 Å². The molecule has 2 aliphatic heterocycles. The molecule has 270 valence electrons. The highest BCUT2D eigenvalue weighted by Crippen LogP contribution is 2.37. The van der Waals surface area contributed by atoms with Crippen LogP contribution in [0.15, 0.2) is 39.5 Å². The highest BCUT2D eigenvalue weighted by atomic mass is 16.7. The molecule has 2 aliphatic rings. The molecule has 10 atom stereocenters. The molecule has 2 saturated heterocycles.